The van der Waals surface area contributed by atoms with E-state index in [9.17, 15) is 9.90 Å². The SMILES string of the molecule is Cc1cccc(Cc2coc3cc(O)ccc3c2=O)c1. The van der Waals surface area contributed by atoms with Crippen LogP contribution in [0.2, 0.25) is 0 Å². The first-order valence-electron chi connectivity index (χ1n) is 6.42. The molecule has 0 amide bonds. The summed E-state index contributed by atoms with van der Waals surface area (Å²) < 4.78 is 5.45. The van der Waals surface area contributed by atoms with E-state index in [0.717, 1.165) is 11.1 Å². The fraction of sp³-hybridized carbons (Fsp3) is 0.118. The van der Waals surface area contributed by atoms with Crippen LogP contribution in [0.15, 0.2) is 57.9 Å². The minimum atomic E-state index is -0.0484. The molecule has 0 bridgehead atoms. The molecule has 0 aliphatic carbocycles. The van der Waals surface area contributed by atoms with E-state index in [2.05, 4.69) is 6.07 Å². The zero-order valence-electron chi connectivity index (χ0n) is 11.1. The average Bonchev–Trinajstić information content (AvgIpc) is 2.42. The van der Waals surface area contributed by atoms with E-state index < -0.39 is 0 Å². The molecular weight excluding hydrogens is 252 g/mol. The Labute approximate surface area is 116 Å². The van der Waals surface area contributed by atoms with Gasteiger partial charge in [-0.05, 0) is 24.6 Å². The van der Waals surface area contributed by atoms with Gasteiger partial charge >= 0.3 is 0 Å². The molecule has 0 aliphatic heterocycles. The first-order valence-corrected chi connectivity index (χ1v) is 6.42. The third kappa shape index (κ3) is 2.30. The zero-order valence-corrected chi connectivity index (χ0v) is 11.1. The monoisotopic (exact) mass is 266 g/mol. The highest BCUT2D eigenvalue weighted by molar-refractivity contribution is 5.78. The molecule has 3 nitrogen and oxygen atoms in total. The van der Waals surface area contributed by atoms with Crippen molar-refractivity contribution in [3.63, 3.8) is 0 Å². The molecule has 0 atom stereocenters. The van der Waals surface area contributed by atoms with Crippen molar-refractivity contribution in [3.8, 4) is 5.75 Å². The van der Waals surface area contributed by atoms with Crippen molar-refractivity contribution in [2.24, 2.45) is 0 Å². The number of benzene rings is 2. The predicted molar refractivity (Wildman–Crippen MR) is 78.1 cm³/mol. The van der Waals surface area contributed by atoms with Crippen LogP contribution in [0.1, 0.15) is 16.7 Å². The Kier molecular flexibility index (Phi) is 3.03. The van der Waals surface area contributed by atoms with Crippen LogP contribution in [0.4, 0.5) is 0 Å². The van der Waals surface area contributed by atoms with Gasteiger partial charge in [0.25, 0.3) is 0 Å². The molecule has 0 aliphatic rings. The molecule has 0 saturated heterocycles. The van der Waals surface area contributed by atoms with Crippen molar-refractivity contribution in [2.75, 3.05) is 0 Å². The summed E-state index contributed by atoms with van der Waals surface area (Å²) in [7, 11) is 0. The Morgan fingerprint density at radius 2 is 2.00 bits per heavy atom. The summed E-state index contributed by atoms with van der Waals surface area (Å²) in [5, 5.41) is 9.89. The van der Waals surface area contributed by atoms with Crippen molar-refractivity contribution in [2.45, 2.75) is 13.3 Å². The molecule has 0 radical (unpaired) electrons. The lowest BCUT2D eigenvalue weighted by atomic mass is 10.0. The Morgan fingerprint density at radius 3 is 2.80 bits per heavy atom. The van der Waals surface area contributed by atoms with Gasteiger partial charge < -0.3 is 9.52 Å². The van der Waals surface area contributed by atoms with Gasteiger partial charge in [-0.3, -0.25) is 4.79 Å². The number of fused-ring (bicyclic) bond motifs is 1. The van der Waals surface area contributed by atoms with E-state index in [4.69, 9.17) is 4.42 Å². The fourth-order valence-electron chi connectivity index (χ4n) is 2.32. The molecule has 0 fully saturated rings. The summed E-state index contributed by atoms with van der Waals surface area (Å²) in [4.78, 5) is 12.4. The zero-order chi connectivity index (χ0) is 14.1. The maximum Gasteiger partial charge on any atom is 0.196 e. The number of aromatic hydroxyl groups is 1. The number of hydrogen-bond donors (Lipinski definition) is 1. The molecule has 3 heteroatoms. The number of hydrogen-bond acceptors (Lipinski definition) is 3. The molecule has 0 spiro atoms. The van der Waals surface area contributed by atoms with Crippen LogP contribution in [0, 0.1) is 6.92 Å². The quantitative estimate of drug-likeness (QED) is 0.773. The van der Waals surface area contributed by atoms with E-state index in [0.29, 0.717) is 23.0 Å². The van der Waals surface area contributed by atoms with Crippen molar-refractivity contribution in [3.05, 3.63) is 75.6 Å². The Hall–Kier alpha value is -2.55. The van der Waals surface area contributed by atoms with Crippen molar-refractivity contribution < 1.29 is 9.52 Å². The molecule has 1 heterocycles. The highest BCUT2D eigenvalue weighted by Gasteiger charge is 2.08. The molecule has 3 rings (SSSR count). The van der Waals surface area contributed by atoms with Crippen LogP contribution in [-0.4, -0.2) is 5.11 Å². The van der Waals surface area contributed by atoms with Gasteiger partial charge in [0, 0.05) is 18.1 Å². The van der Waals surface area contributed by atoms with Crippen LogP contribution < -0.4 is 5.43 Å². The van der Waals surface area contributed by atoms with Gasteiger partial charge in [-0.15, -0.1) is 0 Å². The van der Waals surface area contributed by atoms with Crippen LogP contribution in [-0.2, 0) is 6.42 Å². The molecule has 100 valence electrons. The van der Waals surface area contributed by atoms with Crippen LogP contribution >= 0.6 is 0 Å². The van der Waals surface area contributed by atoms with E-state index >= 15 is 0 Å². The standard InChI is InChI=1S/C17H14O3/c1-11-3-2-4-12(7-11)8-13-10-20-16-9-14(18)5-6-15(16)17(13)19/h2-7,9-10,18H,8H2,1H3. The summed E-state index contributed by atoms with van der Waals surface area (Å²) in [5.41, 5.74) is 3.22. The lowest BCUT2D eigenvalue weighted by Gasteiger charge is -2.04. The maximum atomic E-state index is 12.4. The molecule has 3 aromatic rings. The predicted octanol–water partition coefficient (Wildman–Crippen LogP) is 3.40. The van der Waals surface area contributed by atoms with E-state index in [-0.39, 0.29) is 11.2 Å². The first kappa shape index (κ1) is 12.5. The normalized spacial score (nSPS) is 10.8. The fourth-order valence-corrected chi connectivity index (χ4v) is 2.32. The lowest BCUT2D eigenvalue weighted by Crippen LogP contribution is -2.09. The second-order valence-electron chi connectivity index (χ2n) is 4.94. The second kappa shape index (κ2) is 4.85. The number of aryl methyl sites for hydroxylation is 1. The number of phenols is 1. The topological polar surface area (TPSA) is 50.4 Å². The second-order valence-corrected chi connectivity index (χ2v) is 4.94. The van der Waals surface area contributed by atoms with Crippen LogP contribution in [0.5, 0.6) is 5.75 Å². The molecular formula is C17H14O3. The van der Waals surface area contributed by atoms with Gasteiger partial charge in [0.2, 0.25) is 0 Å². The van der Waals surface area contributed by atoms with Crippen molar-refractivity contribution >= 4 is 11.0 Å². The van der Waals surface area contributed by atoms with Gasteiger partial charge in [-0.2, -0.15) is 0 Å². The van der Waals surface area contributed by atoms with Gasteiger partial charge in [0.15, 0.2) is 5.43 Å². The third-order valence-corrected chi connectivity index (χ3v) is 3.31. The summed E-state index contributed by atoms with van der Waals surface area (Å²) in [6.45, 7) is 2.02. The van der Waals surface area contributed by atoms with E-state index in [1.807, 2.05) is 25.1 Å². The Bertz CT molecular complexity index is 831. The average molecular weight is 266 g/mol. The van der Waals surface area contributed by atoms with E-state index in [1.54, 1.807) is 6.07 Å². The number of rotatable bonds is 2. The minimum absolute atomic E-state index is 0.0484. The molecule has 2 aromatic carbocycles. The maximum absolute atomic E-state index is 12.4. The van der Waals surface area contributed by atoms with Gasteiger partial charge in [-0.25, -0.2) is 0 Å². The molecule has 20 heavy (non-hydrogen) atoms. The summed E-state index contributed by atoms with van der Waals surface area (Å²) in [5.74, 6) is 0.0899. The third-order valence-electron chi connectivity index (χ3n) is 3.31. The first-order chi connectivity index (χ1) is 9.63. The smallest absolute Gasteiger partial charge is 0.196 e. The number of phenolic OH excluding ortho intramolecular Hbond substituents is 1. The van der Waals surface area contributed by atoms with Crippen LogP contribution in [0.25, 0.3) is 11.0 Å². The summed E-state index contributed by atoms with van der Waals surface area (Å²) in [6.07, 6.45) is 2.02. The largest absolute Gasteiger partial charge is 0.508 e. The molecule has 1 N–H and O–H groups in total. The van der Waals surface area contributed by atoms with Gasteiger partial charge in [0.05, 0.1) is 11.6 Å². The minimum Gasteiger partial charge on any atom is -0.508 e. The molecule has 1 aromatic heterocycles. The van der Waals surface area contributed by atoms with E-state index in [1.165, 1.54) is 18.4 Å². The highest BCUT2D eigenvalue weighted by Crippen LogP contribution is 2.18. The van der Waals surface area contributed by atoms with Gasteiger partial charge in [0.1, 0.15) is 11.3 Å². The highest BCUT2D eigenvalue weighted by atomic mass is 16.3. The molecule has 0 saturated carbocycles. The van der Waals surface area contributed by atoms with Crippen molar-refractivity contribution in [1.29, 1.82) is 0 Å². The van der Waals surface area contributed by atoms with Gasteiger partial charge in [-0.1, -0.05) is 29.8 Å². The van der Waals surface area contributed by atoms with Crippen molar-refractivity contribution in [1.82, 2.24) is 0 Å². The molecule has 0 unspecified atom stereocenters. The summed E-state index contributed by atoms with van der Waals surface area (Å²) >= 11 is 0. The summed E-state index contributed by atoms with van der Waals surface area (Å²) in [6, 6.07) is 12.6. The van der Waals surface area contributed by atoms with Crippen LogP contribution in [0.3, 0.4) is 0 Å². The lowest BCUT2D eigenvalue weighted by molar-refractivity contribution is 0.474. The Balaban J connectivity index is 2.07. The Morgan fingerprint density at radius 1 is 1.15 bits per heavy atom.